The summed E-state index contributed by atoms with van der Waals surface area (Å²) in [6.07, 6.45) is -0.928. The maximum absolute atomic E-state index is 9.77. The molecule has 0 atom stereocenters. The third-order valence-corrected chi connectivity index (χ3v) is 0.310. The van der Waals surface area contributed by atoms with Gasteiger partial charge in [0.15, 0.2) is 0 Å². The molecule has 0 aromatic carbocycles. The van der Waals surface area contributed by atoms with E-state index in [4.69, 9.17) is 5.26 Å². The highest BCUT2D eigenvalue weighted by atomic mass is 17.1. The lowest BCUT2D eigenvalue weighted by molar-refractivity contribution is -0.178. The zero-order valence-corrected chi connectivity index (χ0v) is 3.76. The van der Waals surface area contributed by atoms with E-state index >= 15 is 0 Å². The second-order valence-corrected chi connectivity index (χ2v) is 0.754. The van der Waals surface area contributed by atoms with E-state index in [0.717, 1.165) is 0 Å². The first-order valence-corrected chi connectivity index (χ1v) is 1.59. The number of amides is 1. The largest absolute Gasteiger partial charge is 0.452 e. The van der Waals surface area contributed by atoms with Crippen LogP contribution in [0.1, 0.15) is 0 Å². The Hall–Kier alpha value is -0.810. The van der Waals surface area contributed by atoms with Gasteiger partial charge in [-0.3, -0.25) is 10.3 Å². The molecule has 0 aliphatic carbocycles. The fraction of sp³-hybridized carbons (Fsp3) is 0.500. The Kier molecular flexibility index (Phi) is 2.99. The zero-order chi connectivity index (χ0) is 5.70. The molecular formula is C2H6N2O3. The molecule has 7 heavy (non-hydrogen) atoms. The molecule has 5 heteroatoms. The normalized spacial score (nSPS) is 7.71. The van der Waals surface area contributed by atoms with E-state index < -0.39 is 6.09 Å². The van der Waals surface area contributed by atoms with Crippen molar-refractivity contribution in [2.75, 3.05) is 7.05 Å². The van der Waals surface area contributed by atoms with Gasteiger partial charge in [0.2, 0.25) is 0 Å². The van der Waals surface area contributed by atoms with Gasteiger partial charge in [0.25, 0.3) is 0 Å². The first kappa shape index (κ1) is 6.19. The van der Waals surface area contributed by atoms with Gasteiger partial charge >= 0.3 is 6.09 Å². The van der Waals surface area contributed by atoms with Crippen LogP contribution in [-0.2, 0) is 4.89 Å². The van der Waals surface area contributed by atoms with Gasteiger partial charge in [-0.1, -0.05) is 0 Å². The van der Waals surface area contributed by atoms with Crippen molar-refractivity contribution in [2.24, 2.45) is 0 Å². The van der Waals surface area contributed by atoms with Crippen LogP contribution in [0, 0.1) is 0 Å². The van der Waals surface area contributed by atoms with Gasteiger partial charge in [-0.2, -0.15) is 5.26 Å². The van der Waals surface area contributed by atoms with Gasteiger partial charge in [0, 0.05) is 7.05 Å². The Bertz CT molecular complexity index is 64.0. The molecule has 3 N–H and O–H groups in total. The lowest BCUT2D eigenvalue weighted by Crippen LogP contribution is -2.33. The molecule has 0 rings (SSSR count). The highest BCUT2D eigenvalue weighted by molar-refractivity contribution is 5.65. The molecule has 0 unspecified atom stereocenters. The van der Waals surface area contributed by atoms with Crippen LogP contribution < -0.4 is 10.9 Å². The summed E-state index contributed by atoms with van der Waals surface area (Å²) in [5, 5.41) is 7.51. The number of carbonyl (C=O) groups excluding carboxylic acids is 1. The molecule has 0 aromatic rings. The smallest absolute Gasteiger partial charge is 0.277 e. The van der Waals surface area contributed by atoms with Crippen molar-refractivity contribution in [3.63, 3.8) is 0 Å². The third kappa shape index (κ3) is 3.01. The molecule has 0 fully saturated rings. The Morgan fingerprint density at radius 2 is 2.43 bits per heavy atom. The summed E-state index contributed by atoms with van der Waals surface area (Å²) in [5.74, 6) is 0. The van der Waals surface area contributed by atoms with E-state index in [1.54, 1.807) is 0 Å². The van der Waals surface area contributed by atoms with E-state index in [1.165, 1.54) is 7.05 Å². The molecule has 0 aromatic heterocycles. The molecule has 5 nitrogen and oxygen atoms in total. The Morgan fingerprint density at radius 3 is 2.57 bits per heavy atom. The maximum Gasteiger partial charge on any atom is 0.452 e. The van der Waals surface area contributed by atoms with Gasteiger partial charge in [-0.25, -0.2) is 10.2 Å². The van der Waals surface area contributed by atoms with Crippen LogP contribution >= 0.6 is 0 Å². The minimum absolute atomic E-state index is 0.928. The van der Waals surface area contributed by atoms with Gasteiger partial charge in [-0.05, 0) is 0 Å². The number of hydrogen-bond acceptors (Lipinski definition) is 4. The number of carbonyl (C=O) groups is 1. The highest BCUT2D eigenvalue weighted by Crippen LogP contribution is 1.61. The molecule has 0 spiro atoms. The Labute approximate surface area is 40.2 Å². The summed E-state index contributed by atoms with van der Waals surface area (Å²) >= 11 is 0. The average Bonchev–Trinajstić information content (AvgIpc) is 1.68. The molecule has 0 aliphatic rings. The summed E-state index contributed by atoms with van der Waals surface area (Å²) in [7, 11) is 1.47. The second kappa shape index (κ2) is 3.38. The standard InChI is InChI=1S/C2H6N2O3/c1-3-4-2(5)7-6/h3,6H,1H3,(H,4,5). The maximum atomic E-state index is 9.77. The molecule has 0 heterocycles. The van der Waals surface area contributed by atoms with Crippen LogP contribution in [0.15, 0.2) is 0 Å². The highest BCUT2D eigenvalue weighted by Gasteiger charge is 1.92. The van der Waals surface area contributed by atoms with Crippen LogP contribution in [0.3, 0.4) is 0 Å². The summed E-state index contributed by atoms with van der Waals surface area (Å²) in [4.78, 5) is 12.9. The summed E-state index contributed by atoms with van der Waals surface area (Å²) in [5.41, 5.74) is 4.17. The Balaban J connectivity index is 3.00. The summed E-state index contributed by atoms with van der Waals surface area (Å²) in [6, 6.07) is 0. The lowest BCUT2D eigenvalue weighted by atomic mass is 11.2. The van der Waals surface area contributed by atoms with Crippen LogP contribution in [0.25, 0.3) is 0 Å². The molecule has 0 radical (unpaired) electrons. The fourth-order valence-corrected chi connectivity index (χ4v) is 0.125. The molecule has 0 bridgehead atoms. The quantitative estimate of drug-likeness (QED) is 0.306. The number of nitrogens with one attached hydrogen (secondary N) is 2. The van der Waals surface area contributed by atoms with Crippen molar-refractivity contribution in [3.8, 4) is 0 Å². The molecule has 0 aliphatic heterocycles. The van der Waals surface area contributed by atoms with Crippen molar-refractivity contribution in [3.05, 3.63) is 0 Å². The van der Waals surface area contributed by atoms with E-state index in [0.29, 0.717) is 0 Å². The molecule has 0 saturated heterocycles. The van der Waals surface area contributed by atoms with Gasteiger partial charge < -0.3 is 0 Å². The van der Waals surface area contributed by atoms with E-state index in [-0.39, 0.29) is 0 Å². The minimum Gasteiger partial charge on any atom is -0.277 e. The van der Waals surface area contributed by atoms with Gasteiger partial charge in [-0.15, -0.1) is 0 Å². The molecular weight excluding hydrogens is 100 g/mol. The predicted molar refractivity (Wildman–Crippen MR) is 21.3 cm³/mol. The minimum atomic E-state index is -0.928. The second-order valence-electron chi connectivity index (χ2n) is 0.754. The topological polar surface area (TPSA) is 70.6 Å². The monoisotopic (exact) mass is 106 g/mol. The van der Waals surface area contributed by atoms with Gasteiger partial charge in [0.1, 0.15) is 0 Å². The lowest BCUT2D eigenvalue weighted by Gasteiger charge is -1.94. The van der Waals surface area contributed by atoms with Crippen molar-refractivity contribution in [1.82, 2.24) is 10.9 Å². The number of rotatable bonds is 1. The van der Waals surface area contributed by atoms with Crippen LogP contribution in [-0.4, -0.2) is 18.4 Å². The van der Waals surface area contributed by atoms with Crippen LogP contribution in [0.5, 0.6) is 0 Å². The van der Waals surface area contributed by atoms with Crippen molar-refractivity contribution in [1.29, 1.82) is 0 Å². The first-order chi connectivity index (χ1) is 3.31. The zero-order valence-electron chi connectivity index (χ0n) is 3.76. The Morgan fingerprint density at radius 1 is 1.86 bits per heavy atom. The summed E-state index contributed by atoms with van der Waals surface area (Å²) < 4.78 is 0. The molecule has 1 amide bonds. The van der Waals surface area contributed by atoms with Crippen molar-refractivity contribution < 1.29 is 14.9 Å². The number of hydrogen-bond donors (Lipinski definition) is 3. The van der Waals surface area contributed by atoms with Gasteiger partial charge in [0.05, 0.1) is 0 Å². The summed E-state index contributed by atoms with van der Waals surface area (Å²) in [6.45, 7) is 0. The number of hydrazine groups is 1. The van der Waals surface area contributed by atoms with Crippen molar-refractivity contribution >= 4 is 6.09 Å². The fourth-order valence-electron chi connectivity index (χ4n) is 0.125. The third-order valence-electron chi connectivity index (χ3n) is 0.310. The molecule has 0 saturated carbocycles. The van der Waals surface area contributed by atoms with E-state index in [9.17, 15) is 4.79 Å². The van der Waals surface area contributed by atoms with Crippen LogP contribution in [0.4, 0.5) is 4.79 Å². The molecule has 42 valence electrons. The van der Waals surface area contributed by atoms with E-state index in [1.807, 2.05) is 5.43 Å². The predicted octanol–water partition coefficient (Wildman–Crippen LogP) is -0.680. The first-order valence-electron chi connectivity index (χ1n) is 1.59. The average molecular weight is 106 g/mol. The SMILES string of the molecule is CNNC(=O)OO. The van der Waals surface area contributed by atoms with Crippen LogP contribution in [0.2, 0.25) is 0 Å². The van der Waals surface area contributed by atoms with Crippen molar-refractivity contribution in [2.45, 2.75) is 0 Å². The van der Waals surface area contributed by atoms with E-state index in [2.05, 4.69) is 10.3 Å².